The van der Waals surface area contributed by atoms with E-state index < -0.39 is 11.9 Å². The topological polar surface area (TPSA) is 156 Å². The molecule has 1 heterocycles. The van der Waals surface area contributed by atoms with Crippen LogP contribution in [0.2, 0.25) is 0 Å². The molecule has 1 amide bonds. The highest BCUT2D eigenvalue weighted by Crippen LogP contribution is 2.29. The molecule has 2 unspecified atom stereocenters. The van der Waals surface area contributed by atoms with Crippen LogP contribution in [0.3, 0.4) is 0 Å². The summed E-state index contributed by atoms with van der Waals surface area (Å²) in [6.45, 7) is 12.1. The molecule has 1 aromatic carbocycles. The number of amides is 1. The zero-order chi connectivity index (χ0) is 31.9. The molecule has 11 nitrogen and oxygen atoms in total. The molecule has 0 fully saturated rings. The fraction of sp³-hybridized carbons (Fsp3) is 0.548. The van der Waals surface area contributed by atoms with Crippen molar-refractivity contribution in [3.63, 3.8) is 0 Å². The normalized spacial score (nSPS) is 11.5. The Morgan fingerprint density at radius 2 is 1.71 bits per heavy atom. The number of carbonyl (C=O) groups excluding carboxylic acids is 3. The number of methoxy groups -OCH3 is 1. The van der Waals surface area contributed by atoms with Gasteiger partial charge in [-0.15, -0.1) is 0 Å². The number of rotatable bonds is 15. The van der Waals surface area contributed by atoms with E-state index in [0.717, 1.165) is 32.3 Å². The number of phenolic OH excluding ortho intramolecular Hbond substituents is 1. The number of phenols is 1. The average Bonchev–Trinajstić information content (AvgIpc) is 2.95. The first kappa shape index (κ1) is 38.1. The van der Waals surface area contributed by atoms with Gasteiger partial charge >= 0.3 is 11.9 Å². The van der Waals surface area contributed by atoms with E-state index >= 15 is 0 Å². The molecule has 2 rings (SSSR count). The van der Waals surface area contributed by atoms with Crippen LogP contribution in [0, 0.1) is 5.92 Å². The number of primary amides is 1. The van der Waals surface area contributed by atoms with Gasteiger partial charge in [0, 0.05) is 38.6 Å². The lowest BCUT2D eigenvalue weighted by atomic mass is 10.1. The van der Waals surface area contributed by atoms with Crippen LogP contribution in [0.15, 0.2) is 42.6 Å². The maximum absolute atomic E-state index is 11.6. The van der Waals surface area contributed by atoms with Gasteiger partial charge in [0.05, 0.1) is 13.2 Å². The number of ether oxygens (including phenoxy) is 5. The number of benzene rings is 1. The minimum Gasteiger partial charge on any atom is -0.508 e. The second kappa shape index (κ2) is 22.8. The molecule has 2 aromatic rings. The monoisotopic (exact) mass is 592 g/mol. The van der Waals surface area contributed by atoms with Crippen molar-refractivity contribution >= 4 is 17.8 Å². The summed E-state index contributed by atoms with van der Waals surface area (Å²) in [7, 11) is 1.40. The third kappa shape index (κ3) is 18.5. The number of para-hydroxylation sites is 1. The molecule has 0 saturated heterocycles. The SMILES string of the molecule is CCCOC(CC)CC(C)OC(=O)CCC(C)C.COc1ccnc(C(N)=O)c1OCOC(C)=O.Oc1ccccc1. The molecule has 2 atom stereocenters. The highest BCUT2D eigenvalue weighted by molar-refractivity contribution is 5.94. The van der Waals surface area contributed by atoms with Crippen molar-refractivity contribution in [1.29, 1.82) is 0 Å². The van der Waals surface area contributed by atoms with Gasteiger partial charge in [-0.1, -0.05) is 45.9 Å². The Morgan fingerprint density at radius 1 is 1.05 bits per heavy atom. The van der Waals surface area contributed by atoms with Crippen LogP contribution in [0.5, 0.6) is 17.2 Å². The van der Waals surface area contributed by atoms with E-state index in [1.54, 1.807) is 24.3 Å². The summed E-state index contributed by atoms with van der Waals surface area (Å²) in [5.74, 6) is -0.159. The van der Waals surface area contributed by atoms with Crippen molar-refractivity contribution in [2.75, 3.05) is 20.5 Å². The van der Waals surface area contributed by atoms with E-state index in [1.165, 1.54) is 26.3 Å². The Bertz CT molecular complexity index is 1030. The Kier molecular flexibility index (Phi) is 20.7. The van der Waals surface area contributed by atoms with E-state index in [4.69, 9.17) is 29.8 Å². The summed E-state index contributed by atoms with van der Waals surface area (Å²) in [6, 6.07) is 10.2. The number of nitrogens with two attached hydrogens (primary N) is 1. The molecule has 0 bridgehead atoms. The number of pyridine rings is 1. The van der Waals surface area contributed by atoms with Crippen molar-refractivity contribution in [2.45, 2.75) is 85.9 Å². The summed E-state index contributed by atoms with van der Waals surface area (Å²) >= 11 is 0. The van der Waals surface area contributed by atoms with Gasteiger partial charge in [-0.2, -0.15) is 0 Å². The van der Waals surface area contributed by atoms with Crippen molar-refractivity contribution in [1.82, 2.24) is 4.98 Å². The molecule has 0 radical (unpaired) electrons. The van der Waals surface area contributed by atoms with Crippen molar-refractivity contribution in [2.24, 2.45) is 11.7 Å². The molecular weight excluding hydrogens is 544 g/mol. The average molecular weight is 593 g/mol. The second-order valence-corrected chi connectivity index (χ2v) is 9.66. The minimum atomic E-state index is -0.762. The van der Waals surface area contributed by atoms with Gasteiger partial charge in [-0.05, 0) is 44.2 Å². The minimum absolute atomic E-state index is 0.0451. The fourth-order valence-corrected chi connectivity index (χ4v) is 3.25. The molecular formula is C31H48N2O9. The first-order chi connectivity index (χ1) is 19.9. The van der Waals surface area contributed by atoms with Crippen LogP contribution in [-0.2, 0) is 23.8 Å². The lowest BCUT2D eigenvalue weighted by Gasteiger charge is -2.20. The number of carbonyl (C=O) groups is 3. The molecule has 0 aliphatic rings. The van der Waals surface area contributed by atoms with Gasteiger partial charge in [0.2, 0.25) is 6.79 Å². The number of aromatic hydroxyl groups is 1. The van der Waals surface area contributed by atoms with Crippen LogP contribution in [0.1, 0.15) is 84.1 Å². The predicted molar refractivity (Wildman–Crippen MR) is 159 cm³/mol. The maximum Gasteiger partial charge on any atom is 0.306 e. The lowest BCUT2D eigenvalue weighted by Crippen LogP contribution is -2.23. The van der Waals surface area contributed by atoms with Crippen LogP contribution in [0.4, 0.5) is 0 Å². The van der Waals surface area contributed by atoms with Crippen molar-refractivity contribution < 1.29 is 43.2 Å². The molecule has 0 aliphatic heterocycles. The highest BCUT2D eigenvalue weighted by atomic mass is 16.7. The van der Waals surface area contributed by atoms with Crippen molar-refractivity contribution in [3.8, 4) is 17.2 Å². The maximum atomic E-state index is 11.6. The lowest BCUT2D eigenvalue weighted by molar-refractivity contribution is -0.150. The van der Waals surface area contributed by atoms with Gasteiger partial charge in [0.15, 0.2) is 17.2 Å². The fourth-order valence-electron chi connectivity index (χ4n) is 3.25. The predicted octanol–water partition coefficient (Wildman–Crippen LogP) is 5.43. The first-order valence-electron chi connectivity index (χ1n) is 14.1. The molecule has 11 heteroatoms. The number of esters is 2. The van der Waals surface area contributed by atoms with Gasteiger partial charge in [-0.3, -0.25) is 14.4 Å². The summed E-state index contributed by atoms with van der Waals surface area (Å²) in [4.78, 5) is 37.0. The number of hydrogen-bond donors (Lipinski definition) is 2. The Balaban J connectivity index is 0.000000651. The molecule has 3 N–H and O–H groups in total. The van der Waals surface area contributed by atoms with E-state index in [1.807, 2.05) is 13.0 Å². The Morgan fingerprint density at radius 3 is 2.19 bits per heavy atom. The third-order valence-corrected chi connectivity index (χ3v) is 5.41. The van der Waals surface area contributed by atoms with Crippen LogP contribution in [0.25, 0.3) is 0 Å². The molecule has 0 saturated carbocycles. The number of aromatic nitrogens is 1. The second-order valence-electron chi connectivity index (χ2n) is 9.66. The molecule has 1 aromatic heterocycles. The van der Waals surface area contributed by atoms with Gasteiger partial charge in [-0.25, -0.2) is 4.98 Å². The summed E-state index contributed by atoms with van der Waals surface area (Å²) in [5.41, 5.74) is 5.04. The zero-order valence-corrected chi connectivity index (χ0v) is 26.0. The molecule has 42 heavy (non-hydrogen) atoms. The largest absolute Gasteiger partial charge is 0.508 e. The van der Waals surface area contributed by atoms with E-state index in [0.29, 0.717) is 18.1 Å². The molecule has 0 spiro atoms. The molecule has 0 aliphatic carbocycles. The smallest absolute Gasteiger partial charge is 0.306 e. The quantitative estimate of drug-likeness (QED) is 0.202. The summed E-state index contributed by atoms with van der Waals surface area (Å²) in [6.07, 6.45) is 5.72. The van der Waals surface area contributed by atoms with E-state index in [9.17, 15) is 14.4 Å². The standard InChI is InChI=1S/C15H30O3.C10H12N2O5.C6H6O/c1-6-10-17-14(7-2)11-13(5)18-15(16)9-8-12(3)4;1-6(13)16-5-17-9-7(15-2)3-4-12-8(9)10(11)14;7-6-4-2-1-3-5-6/h12-14H,6-11H2,1-5H3;3-4H,5H2,1-2H3,(H2,11,14);1-5,7H. The van der Waals surface area contributed by atoms with E-state index in [-0.39, 0.29) is 42.2 Å². The number of hydrogen-bond acceptors (Lipinski definition) is 10. The van der Waals surface area contributed by atoms with Gasteiger partial charge in [0.25, 0.3) is 5.91 Å². The zero-order valence-electron chi connectivity index (χ0n) is 26.0. The summed E-state index contributed by atoms with van der Waals surface area (Å²) < 4.78 is 25.8. The Labute approximate surface area is 249 Å². The van der Waals surface area contributed by atoms with E-state index in [2.05, 4.69) is 37.4 Å². The van der Waals surface area contributed by atoms with Gasteiger partial charge < -0.3 is 34.5 Å². The first-order valence-corrected chi connectivity index (χ1v) is 14.1. The highest BCUT2D eigenvalue weighted by Gasteiger charge is 2.17. The summed E-state index contributed by atoms with van der Waals surface area (Å²) in [5, 5.41) is 8.63. The third-order valence-electron chi connectivity index (χ3n) is 5.41. The molecule has 236 valence electrons. The Hall–Kier alpha value is -3.86. The van der Waals surface area contributed by atoms with Crippen LogP contribution in [-0.4, -0.2) is 60.7 Å². The van der Waals surface area contributed by atoms with Crippen molar-refractivity contribution in [3.05, 3.63) is 48.3 Å². The van der Waals surface area contributed by atoms with Crippen LogP contribution >= 0.6 is 0 Å². The van der Waals surface area contributed by atoms with Crippen LogP contribution < -0.4 is 15.2 Å². The number of nitrogens with zero attached hydrogens (tertiary/aromatic N) is 1. The van der Waals surface area contributed by atoms with Gasteiger partial charge in [0.1, 0.15) is 11.9 Å².